The summed E-state index contributed by atoms with van der Waals surface area (Å²) in [7, 11) is 1.51. The van der Waals surface area contributed by atoms with Crippen LogP contribution in [0, 0.1) is 0 Å². The van der Waals surface area contributed by atoms with Crippen LogP contribution in [0.15, 0.2) is 48.2 Å². The number of amides is 2. The molecule has 0 saturated carbocycles. The van der Waals surface area contributed by atoms with Crippen LogP contribution in [-0.4, -0.2) is 43.1 Å². The van der Waals surface area contributed by atoms with E-state index in [-0.39, 0.29) is 30.5 Å². The van der Waals surface area contributed by atoms with Gasteiger partial charge in [0.25, 0.3) is 11.8 Å². The average Bonchev–Trinajstić information content (AvgIpc) is 2.93. The first-order chi connectivity index (χ1) is 14.3. The Bertz CT molecular complexity index is 987. The number of ether oxygens (including phenoxy) is 2. The number of methoxy groups -OCH3 is 1. The minimum atomic E-state index is -0.445. The molecule has 8 heteroatoms. The van der Waals surface area contributed by atoms with Gasteiger partial charge in [-0.05, 0) is 49.7 Å². The third kappa shape index (κ3) is 4.78. The number of imide groups is 1. The van der Waals surface area contributed by atoms with Gasteiger partial charge in [0, 0.05) is 10.0 Å². The Morgan fingerprint density at radius 3 is 2.30 bits per heavy atom. The molecule has 0 atom stereocenters. The van der Waals surface area contributed by atoms with Crippen molar-refractivity contribution >= 4 is 46.3 Å². The molecule has 1 aliphatic heterocycles. The van der Waals surface area contributed by atoms with Gasteiger partial charge in [0.2, 0.25) is 0 Å². The van der Waals surface area contributed by atoms with Crippen LogP contribution in [0.3, 0.4) is 0 Å². The molecule has 0 spiro atoms. The van der Waals surface area contributed by atoms with Gasteiger partial charge in [-0.15, -0.1) is 0 Å². The molecule has 0 saturated heterocycles. The lowest BCUT2D eigenvalue weighted by Crippen LogP contribution is -2.35. The van der Waals surface area contributed by atoms with Gasteiger partial charge in [0.05, 0.1) is 37.6 Å². The van der Waals surface area contributed by atoms with E-state index in [9.17, 15) is 9.59 Å². The monoisotopic (exact) mass is 448 g/mol. The summed E-state index contributed by atoms with van der Waals surface area (Å²) in [5.41, 5.74) is 1.46. The van der Waals surface area contributed by atoms with E-state index in [1.165, 1.54) is 12.0 Å². The third-order valence-corrected chi connectivity index (χ3v) is 4.98. The molecule has 30 heavy (non-hydrogen) atoms. The minimum Gasteiger partial charge on any atom is -0.495 e. The molecule has 1 aliphatic rings. The lowest BCUT2D eigenvalue weighted by molar-refractivity contribution is -0.137. The first-order valence-electron chi connectivity index (χ1n) is 9.40. The molecule has 0 bridgehead atoms. The summed E-state index contributed by atoms with van der Waals surface area (Å²) < 4.78 is 10.9. The number of nitrogens with zero attached hydrogens (tertiary/aromatic N) is 1. The van der Waals surface area contributed by atoms with Gasteiger partial charge in [0.1, 0.15) is 11.4 Å². The largest absolute Gasteiger partial charge is 0.495 e. The fourth-order valence-electron chi connectivity index (χ4n) is 3.07. The highest BCUT2D eigenvalue weighted by Gasteiger charge is 2.39. The summed E-state index contributed by atoms with van der Waals surface area (Å²) in [6.07, 6.45) is -0.00480. The zero-order valence-electron chi connectivity index (χ0n) is 16.9. The first-order valence-corrected chi connectivity index (χ1v) is 10.2. The predicted octanol–water partition coefficient (Wildman–Crippen LogP) is 4.62. The van der Waals surface area contributed by atoms with Crippen molar-refractivity contribution in [2.45, 2.75) is 20.0 Å². The molecular formula is C22H22Cl2N2O4. The van der Waals surface area contributed by atoms with Crippen molar-refractivity contribution in [3.63, 3.8) is 0 Å². The van der Waals surface area contributed by atoms with E-state index in [1.807, 2.05) is 13.8 Å². The van der Waals surface area contributed by atoms with Crippen molar-refractivity contribution in [2.75, 3.05) is 25.6 Å². The smallest absolute Gasteiger partial charge is 0.278 e. The normalized spacial score (nSPS) is 14.1. The second-order valence-corrected chi connectivity index (χ2v) is 7.78. The molecule has 2 amide bonds. The SMILES string of the molecule is COc1ccc(Cl)cc1NC1=C(c2ccc(Cl)cc2)C(=O)N(CCOC(C)C)C1=O. The molecule has 1 heterocycles. The van der Waals surface area contributed by atoms with Crippen molar-refractivity contribution in [1.29, 1.82) is 0 Å². The van der Waals surface area contributed by atoms with Crippen molar-refractivity contribution in [3.05, 3.63) is 63.8 Å². The molecule has 6 nitrogen and oxygen atoms in total. The van der Waals surface area contributed by atoms with Gasteiger partial charge in [-0.2, -0.15) is 0 Å². The van der Waals surface area contributed by atoms with Crippen molar-refractivity contribution < 1.29 is 19.1 Å². The van der Waals surface area contributed by atoms with Crippen LogP contribution >= 0.6 is 23.2 Å². The maximum absolute atomic E-state index is 13.2. The number of hydrogen-bond donors (Lipinski definition) is 1. The molecule has 2 aromatic rings. The molecular weight excluding hydrogens is 427 g/mol. The van der Waals surface area contributed by atoms with Crippen LogP contribution in [0.25, 0.3) is 5.57 Å². The lowest BCUT2D eigenvalue weighted by atomic mass is 10.0. The molecule has 0 fully saturated rings. The highest BCUT2D eigenvalue weighted by Crippen LogP contribution is 2.34. The lowest BCUT2D eigenvalue weighted by Gasteiger charge is -2.17. The van der Waals surface area contributed by atoms with E-state index in [0.717, 1.165) is 0 Å². The molecule has 1 N–H and O–H groups in total. The molecule has 3 rings (SSSR count). The second kappa shape index (κ2) is 9.51. The molecule has 158 valence electrons. The number of rotatable bonds is 8. The second-order valence-electron chi connectivity index (χ2n) is 6.91. The number of carbonyl (C=O) groups is 2. The van der Waals surface area contributed by atoms with Gasteiger partial charge in [0.15, 0.2) is 0 Å². The van der Waals surface area contributed by atoms with Gasteiger partial charge >= 0.3 is 0 Å². The Hall–Kier alpha value is -2.54. The molecule has 0 aliphatic carbocycles. The van der Waals surface area contributed by atoms with Gasteiger partial charge < -0.3 is 14.8 Å². The van der Waals surface area contributed by atoms with E-state index >= 15 is 0 Å². The highest BCUT2D eigenvalue weighted by molar-refractivity contribution is 6.37. The Morgan fingerprint density at radius 1 is 1.00 bits per heavy atom. The van der Waals surface area contributed by atoms with Crippen molar-refractivity contribution in [3.8, 4) is 5.75 Å². The minimum absolute atomic E-state index is 0.00480. The van der Waals surface area contributed by atoms with E-state index < -0.39 is 11.8 Å². The van der Waals surface area contributed by atoms with E-state index in [4.69, 9.17) is 32.7 Å². The number of benzene rings is 2. The molecule has 0 aromatic heterocycles. The van der Waals surface area contributed by atoms with Crippen LogP contribution in [0.1, 0.15) is 19.4 Å². The van der Waals surface area contributed by atoms with Crippen molar-refractivity contribution in [2.24, 2.45) is 0 Å². The van der Waals surface area contributed by atoms with Crippen molar-refractivity contribution in [1.82, 2.24) is 4.90 Å². The molecule has 2 aromatic carbocycles. The zero-order valence-corrected chi connectivity index (χ0v) is 18.4. The zero-order chi connectivity index (χ0) is 21.8. The highest BCUT2D eigenvalue weighted by atomic mass is 35.5. The standard InChI is InChI=1S/C22H22Cl2N2O4/c1-13(2)30-11-10-26-21(27)19(14-4-6-15(23)7-5-14)20(22(26)28)25-17-12-16(24)8-9-18(17)29-3/h4-9,12-13,25H,10-11H2,1-3H3. The maximum Gasteiger partial charge on any atom is 0.278 e. The summed E-state index contributed by atoms with van der Waals surface area (Å²) in [4.78, 5) is 27.5. The van der Waals surface area contributed by atoms with Crippen LogP contribution < -0.4 is 10.1 Å². The summed E-state index contributed by atoms with van der Waals surface area (Å²) >= 11 is 12.1. The molecule has 0 unspecified atom stereocenters. The Labute approximate surface area is 185 Å². The van der Waals surface area contributed by atoms with Crippen LogP contribution in [0.5, 0.6) is 5.75 Å². The van der Waals surface area contributed by atoms with E-state index in [2.05, 4.69) is 5.32 Å². The number of anilines is 1. The number of halogens is 2. The van der Waals surface area contributed by atoms with Gasteiger partial charge in [-0.25, -0.2) is 0 Å². The number of nitrogens with one attached hydrogen (secondary N) is 1. The summed E-state index contributed by atoms with van der Waals surface area (Å²) in [5.74, 6) is -0.360. The number of carbonyl (C=O) groups excluding carboxylic acids is 2. The molecule has 0 radical (unpaired) electrons. The summed E-state index contributed by atoms with van der Waals surface area (Å²) in [6, 6.07) is 11.7. The van der Waals surface area contributed by atoms with Crippen LogP contribution in [0.2, 0.25) is 10.0 Å². The van der Waals surface area contributed by atoms with Gasteiger partial charge in [-0.1, -0.05) is 35.3 Å². The first kappa shape index (κ1) is 22.2. The Balaban J connectivity index is 2.01. The quantitative estimate of drug-likeness (QED) is 0.596. The van der Waals surface area contributed by atoms with E-state index in [1.54, 1.807) is 42.5 Å². The van der Waals surface area contributed by atoms with E-state index in [0.29, 0.717) is 27.0 Å². The fourth-order valence-corrected chi connectivity index (χ4v) is 3.37. The van der Waals surface area contributed by atoms with Crippen LogP contribution in [0.4, 0.5) is 5.69 Å². The topological polar surface area (TPSA) is 67.9 Å². The Kier molecular flexibility index (Phi) is 7.02. The number of hydrogen-bond acceptors (Lipinski definition) is 5. The van der Waals surface area contributed by atoms with Gasteiger partial charge in [-0.3, -0.25) is 14.5 Å². The summed E-state index contributed by atoms with van der Waals surface area (Å²) in [6.45, 7) is 4.18. The third-order valence-electron chi connectivity index (χ3n) is 4.49. The Morgan fingerprint density at radius 2 is 1.67 bits per heavy atom. The fraction of sp³-hybridized carbons (Fsp3) is 0.273. The summed E-state index contributed by atoms with van der Waals surface area (Å²) in [5, 5.41) is 4.05. The predicted molar refractivity (Wildman–Crippen MR) is 118 cm³/mol. The van der Waals surface area contributed by atoms with Crippen LogP contribution in [-0.2, 0) is 14.3 Å². The maximum atomic E-state index is 13.2. The average molecular weight is 449 g/mol.